The van der Waals surface area contributed by atoms with Crippen molar-refractivity contribution >= 4 is 11.9 Å². The molecule has 0 fully saturated rings. The van der Waals surface area contributed by atoms with Crippen LogP contribution in [0.25, 0.3) is 0 Å². The Labute approximate surface area is 81.7 Å². The van der Waals surface area contributed by atoms with Crippen molar-refractivity contribution < 1.29 is 14.7 Å². The van der Waals surface area contributed by atoms with E-state index >= 15 is 0 Å². The zero-order chi connectivity index (χ0) is 10.7. The van der Waals surface area contributed by atoms with Gasteiger partial charge in [0.05, 0.1) is 0 Å². The quantitative estimate of drug-likeness (QED) is 0.575. The molecule has 1 amide bonds. The molecule has 1 aliphatic heterocycles. The maximum absolute atomic E-state index is 10.8. The molecule has 1 atom stereocenters. The van der Waals surface area contributed by atoms with E-state index in [1.54, 1.807) is 18.0 Å². The first kappa shape index (κ1) is 10.3. The van der Waals surface area contributed by atoms with Gasteiger partial charge in [0, 0.05) is 13.2 Å². The van der Waals surface area contributed by atoms with Crippen molar-refractivity contribution in [1.82, 2.24) is 10.2 Å². The second-order valence-corrected chi connectivity index (χ2v) is 3.12. The highest BCUT2D eigenvalue weighted by Gasteiger charge is 2.18. The number of carboxylic acids is 1. The van der Waals surface area contributed by atoms with Crippen LogP contribution in [0.5, 0.6) is 0 Å². The Hall–Kier alpha value is -1.78. The van der Waals surface area contributed by atoms with Crippen LogP contribution in [0.3, 0.4) is 0 Å². The van der Waals surface area contributed by atoms with Crippen LogP contribution in [0, 0.1) is 0 Å². The summed E-state index contributed by atoms with van der Waals surface area (Å²) in [5.41, 5.74) is 1.05. The number of aliphatic carboxylic acids is 1. The van der Waals surface area contributed by atoms with Gasteiger partial charge in [0.25, 0.3) is 0 Å². The lowest BCUT2D eigenvalue weighted by Crippen LogP contribution is -2.46. The number of nitrogens with one attached hydrogen (secondary N) is 1. The maximum atomic E-state index is 10.8. The normalized spacial score (nSPS) is 20.3. The fourth-order valence-electron chi connectivity index (χ4n) is 1.17. The number of carbonyl (C=O) groups is 2. The highest BCUT2D eigenvalue weighted by Crippen LogP contribution is 2.08. The molecule has 1 aliphatic rings. The molecule has 0 aromatic heterocycles. The summed E-state index contributed by atoms with van der Waals surface area (Å²) in [6.07, 6.45) is 5.00. The van der Waals surface area contributed by atoms with E-state index < -0.39 is 11.9 Å². The predicted octanol–water partition coefficient (Wildman–Crippen LogP) is -0.0813. The van der Waals surface area contributed by atoms with E-state index in [4.69, 9.17) is 5.11 Å². The fraction of sp³-hybridized carbons (Fsp3) is 0.333. The van der Waals surface area contributed by atoms with E-state index in [0.717, 1.165) is 5.57 Å². The molecule has 0 radical (unpaired) electrons. The average Bonchev–Trinajstić information content (AvgIpc) is 2.09. The first-order valence-corrected chi connectivity index (χ1v) is 4.13. The van der Waals surface area contributed by atoms with Crippen LogP contribution in [0.15, 0.2) is 23.9 Å². The van der Waals surface area contributed by atoms with Gasteiger partial charge in [-0.1, -0.05) is 6.08 Å². The van der Waals surface area contributed by atoms with Crippen molar-refractivity contribution in [3.63, 3.8) is 0 Å². The lowest BCUT2D eigenvalue weighted by atomic mass is 10.2. The van der Waals surface area contributed by atoms with Gasteiger partial charge in [0.2, 0.25) is 0 Å². The predicted molar refractivity (Wildman–Crippen MR) is 50.2 cm³/mol. The van der Waals surface area contributed by atoms with Crippen LogP contribution in [0.1, 0.15) is 6.92 Å². The van der Waals surface area contributed by atoms with Crippen LogP contribution >= 0.6 is 0 Å². The lowest BCUT2D eigenvalue weighted by molar-refractivity contribution is -0.150. The molecule has 1 unspecified atom stereocenters. The molecule has 1 rings (SSSR count). The Morgan fingerprint density at radius 3 is 2.71 bits per heavy atom. The van der Waals surface area contributed by atoms with E-state index in [1.165, 1.54) is 0 Å². The minimum absolute atomic E-state index is 0.387. The van der Waals surface area contributed by atoms with Gasteiger partial charge in [-0.15, -0.1) is 0 Å². The first-order chi connectivity index (χ1) is 6.50. The van der Waals surface area contributed by atoms with E-state index in [0.29, 0.717) is 0 Å². The van der Waals surface area contributed by atoms with Crippen molar-refractivity contribution in [2.45, 2.75) is 13.1 Å². The number of amides is 1. The van der Waals surface area contributed by atoms with Gasteiger partial charge < -0.3 is 15.3 Å². The Balaban J connectivity index is 2.60. The molecule has 2 N–H and O–H groups in total. The molecule has 0 aromatic carbocycles. The summed E-state index contributed by atoms with van der Waals surface area (Å²) in [4.78, 5) is 22.9. The number of carboxylic acid groups (broad SMARTS) is 1. The molecule has 5 heteroatoms. The van der Waals surface area contributed by atoms with Crippen LogP contribution in [0.2, 0.25) is 0 Å². The van der Waals surface area contributed by atoms with Gasteiger partial charge in [0.15, 0.2) is 0 Å². The summed E-state index contributed by atoms with van der Waals surface area (Å²) in [6, 6.07) is 0. The maximum Gasteiger partial charge on any atom is 0.394 e. The number of hydrogen-bond acceptors (Lipinski definition) is 3. The number of allylic oxidation sites excluding steroid dienone is 2. The third-order valence-corrected chi connectivity index (χ3v) is 1.86. The number of rotatable bonds is 1. The zero-order valence-electron chi connectivity index (χ0n) is 8.02. The summed E-state index contributed by atoms with van der Waals surface area (Å²) < 4.78 is 0. The van der Waals surface area contributed by atoms with E-state index in [1.807, 2.05) is 19.2 Å². The third kappa shape index (κ3) is 2.35. The second kappa shape index (κ2) is 3.95. The Kier molecular flexibility index (Phi) is 2.91. The molecule has 0 aliphatic carbocycles. The van der Waals surface area contributed by atoms with Crippen LogP contribution < -0.4 is 5.32 Å². The van der Waals surface area contributed by atoms with E-state index in [9.17, 15) is 9.59 Å². The Morgan fingerprint density at radius 2 is 2.21 bits per heavy atom. The SMILES string of the molecule is CC1=CN(C)C(NC(=O)C(=O)O)C=C1. The summed E-state index contributed by atoms with van der Waals surface area (Å²) in [6.45, 7) is 1.92. The summed E-state index contributed by atoms with van der Waals surface area (Å²) in [5, 5.41) is 10.7. The van der Waals surface area contributed by atoms with E-state index in [-0.39, 0.29) is 6.17 Å². The molecule has 0 bridgehead atoms. The van der Waals surface area contributed by atoms with Crippen molar-refractivity contribution in [3.05, 3.63) is 23.9 Å². The summed E-state index contributed by atoms with van der Waals surface area (Å²) >= 11 is 0. The Bertz CT molecular complexity index is 320. The van der Waals surface area contributed by atoms with Crippen LogP contribution in [-0.2, 0) is 9.59 Å². The number of nitrogens with zero attached hydrogens (tertiary/aromatic N) is 1. The smallest absolute Gasteiger partial charge is 0.394 e. The molecule has 1 heterocycles. The van der Waals surface area contributed by atoms with Crippen molar-refractivity contribution in [2.24, 2.45) is 0 Å². The van der Waals surface area contributed by atoms with E-state index in [2.05, 4.69) is 5.32 Å². The molecule has 0 spiro atoms. The number of carbonyl (C=O) groups excluding carboxylic acids is 1. The van der Waals surface area contributed by atoms with Gasteiger partial charge in [0.1, 0.15) is 6.17 Å². The first-order valence-electron chi connectivity index (χ1n) is 4.13. The molecule has 14 heavy (non-hydrogen) atoms. The molecule has 76 valence electrons. The molecular formula is C9H12N2O3. The molecule has 0 saturated heterocycles. The number of likely N-dealkylation sites (N-methyl/N-ethyl adjacent to an activating group) is 1. The lowest BCUT2D eigenvalue weighted by Gasteiger charge is -2.27. The van der Waals surface area contributed by atoms with Gasteiger partial charge >= 0.3 is 11.9 Å². The Morgan fingerprint density at radius 1 is 1.57 bits per heavy atom. The number of hydrogen-bond donors (Lipinski definition) is 2. The van der Waals surface area contributed by atoms with Gasteiger partial charge in [-0.05, 0) is 18.6 Å². The minimum atomic E-state index is -1.47. The third-order valence-electron chi connectivity index (χ3n) is 1.86. The molecular weight excluding hydrogens is 184 g/mol. The zero-order valence-corrected chi connectivity index (χ0v) is 8.02. The van der Waals surface area contributed by atoms with Gasteiger partial charge in [-0.2, -0.15) is 0 Å². The van der Waals surface area contributed by atoms with Gasteiger partial charge in [-0.3, -0.25) is 4.79 Å². The minimum Gasteiger partial charge on any atom is -0.474 e. The van der Waals surface area contributed by atoms with Crippen LogP contribution in [0.4, 0.5) is 0 Å². The fourth-order valence-corrected chi connectivity index (χ4v) is 1.17. The van der Waals surface area contributed by atoms with Crippen LogP contribution in [-0.4, -0.2) is 35.1 Å². The molecule has 5 nitrogen and oxygen atoms in total. The summed E-state index contributed by atoms with van der Waals surface area (Å²) in [7, 11) is 1.76. The molecule has 0 aromatic rings. The topological polar surface area (TPSA) is 69.6 Å². The highest BCUT2D eigenvalue weighted by atomic mass is 16.4. The molecule has 0 saturated carbocycles. The summed E-state index contributed by atoms with van der Waals surface area (Å²) in [5.74, 6) is -2.47. The van der Waals surface area contributed by atoms with Gasteiger partial charge in [-0.25, -0.2) is 4.79 Å². The van der Waals surface area contributed by atoms with Crippen molar-refractivity contribution in [2.75, 3.05) is 7.05 Å². The standard InChI is InChI=1S/C9H12N2O3/c1-6-3-4-7(11(2)5-6)10-8(12)9(13)14/h3-5,7H,1-2H3,(H,10,12)(H,13,14). The largest absolute Gasteiger partial charge is 0.474 e. The van der Waals surface area contributed by atoms with Crippen molar-refractivity contribution in [3.8, 4) is 0 Å². The average molecular weight is 196 g/mol. The monoisotopic (exact) mass is 196 g/mol. The second-order valence-electron chi connectivity index (χ2n) is 3.12. The highest BCUT2D eigenvalue weighted by molar-refractivity contribution is 6.31. The van der Waals surface area contributed by atoms with Crippen molar-refractivity contribution in [1.29, 1.82) is 0 Å².